The maximum Gasteiger partial charge on any atom is 0.102 e. The summed E-state index contributed by atoms with van der Waals surface area (Å²) >= 11 is 0. The van der Waals surface area contributed by atoms with E-state index in [1.54, 1.807) is 0 Å². The molecule has 4 nitrogen and oxygen atoms in total. The SMILES string of the molecule is CC1=CN(C)[C@@H](C)N1c1cccc(N2C=CN(C)[C@@H]2C)c1C. The Bertz CT molecular complexity index is 634. The highest BCUT2D eigenvalue weighted by Gasteiger charge is 2.28. The predicted octanol–water partition coefficient (Wildman–Crippen LogP) is 3.52. The van der Waals surface area contributed by atoms with E-state index >= 15 is 0 Å². The van der Waals surface area contributed by atoms with Gasteiger partial charge >= 0.3 is 0 Å². The van der Waals surface area contributed by atoms with Crippen LogP contribution in [0.2, 0.25) is 0 Å². The highest BCUT2D eigenvalue weighted by molar-refractivity contribution is 5.71. The molecule has 2 aliphatic rings. The average molecular weight is 298 g/mol. The Labute approximate surface area is 133 Å². The van der Waals surface area contributed by atoms with Crippen LogP contribution in [0.15, 0.2) is 42.5 Å². The van der Waals surface area contributed by atoms with E-state index in [4.69, 9.17) is 0 Å². The summed E-state index contributed by atoms with van der Waals surface area (Å²) in [5, 5.41) is 0. The van der Waals surface area contributed by atoms with Crippen molar-refractivity contribution in [3.63, 3.8) is 0 Å². The van der Waals surface area contributed by atoms with Gasteiger partial charge in [-0.3, -0.25) is 0 Å². The van der Waals surface area contributed by atoms with Crippen molar-refractivity contribution >= 4 is 11.4 Å². The van der Waals surface area contributed by atoms with Gasteiger partial charge in [0.25, 0.3) is 0 Å². The highest BCUT2D eigenvalue weighted by Crippen LogP contribution is 2.37. The van der Waals surface area contributed by atoms with Crippen molar-refractivity contribution in [1.82, 2.24) is 9.80 Å². The van der Waals surface area contributed by atoms with E-state index < -0.39 is 0 Å². The summed E-state index contributed by atoms with van der Waals surface area (Å²) in [6.07, 6.45) is 7.21. The van der Waals surface area contributed by atoms with Crippen LogP contribution >= 0.6 is 0 Å². The third kappa shape index (κ3) is 2.14. The van der Waals surface area contributed by atoms with Gasteiger partial charge in [0.2, 0.25) is 0 Å². The van der Waals surface area contributed by atoms with E-state index in [0.29, 0.717) is 12.3 Å². The van der Waals surface area contributed by atoms with Crippen LogP contribution in [-0.4, -0.2) is 36.2 Å². The normalized spacial score (nSPS) is 24.5. The zero-order valence-electron chi connectivity index (χ0n) is 14.4. The van der Waals surface area contributed by atoms with E-state index in [9.17, 15) is 0 Å². The van der Waals surface area contributed by atoms with Crippen LogP contribution in [0.3, 0.4) is 0 Å². The first-order valence-electron chi connectivity index (χ1n) is 7.89. The second kappa shape index (κ2) is 5.27. The van der Waals surface area contributed by atoms with Gasteiger partial charge in [-0.05, 0) is 45.4 Å². The first-order valence-corrected chi connectivity index (χ1v) is 7.89. The van der Waals surface area contributed by atoms with Gasteiger partial charge in [0.1, 0.15) is 12.3 Å². The zero-order valence-corrected chi connectivity index (χ0v) is 14.4. The number of hydrogen-bond donors (Lipinski definition) is 0. The van der Waals surface area contributed by atoms with Crippen molar-refractivity contribution in [2.24, 2.45) is 0 Å². The summed E-state index contributed by atoms with van der Waals surface area (Å²) < 4.78 is 0. The number of anilines is 2. The lowest BCUT2D eigenvalue weighted by Gasteiger charge is -2.33. The first kappa shape index (κ1) is 14.8. The van der Waals surface area contributed by atoms with E-state index in [2.05, 4.69) is 98.2 Å². The average Bonchev–Trinajstić information content (AvgIpc) is 2.93. The molecular weight excluding hydrogens is 272 g/mol. The molecule has 0 amide bonds. The van der Waals surface area contributed by atoms with Crippen molar-refractivity contribution in [3.8, 4) is 0 Å². The minimum absolute atomic E-state index is 0.350. The molecule has 2 atom stereocenters. The summed E-state index contributed by atoms with van der Waals surface area (Å²) in [4.78, 5) is 9.23. The van der Waals surface area contributed by atoms with Crippen LogP contribution in [-0.2, 0) is 0 Å². The quantitative estimate of drug-likeness (QED) is 0.828. The fourth-order valence-electron chi connectivity index (χ4n) is 3.39. The minimum atomic E-state index is 0.350. The number of benzene rings is 1. The third-order valence-electron chi connectivity index (χ3n) is 5.00. The number of hydrogen-bond acceptors (Lipinski definition) is 4. The second-order valence-electron chi connectivity index (χ2n) is 6.36. The lowest BCUT2D eigenvalue weighted by molar-refractivity contribution is 0.381. The Morgan fingerprint density at radius 1 is 0.864 bits per heavy atom. The third-order valence-corrected chi connectivity index (χ3v) is 5.00. The Kier molecular flexibility index (Phi) is 3.55. The van der Waals surface area contributed by atoms with Crippen LogP contribution in [0.25, 0.3) is 0 Å². The summed E-state index contributed by atoms with van der Waals surface area (Å²) in [7, 11) is 4.25. The first-order chi connectivity index (χ1) is 10.4. The van der Waals surface area contributed by atoms with Gasteiger partial charge in [-0.2, -0.15) is 0 Å². The van der Waals surface area contributed by atoms with Crippen LogP contribution < -0.4 is 9.80 Å². The van der Waals surface area contributed by atoms with Gasteiger partial charge in [-0.1, -0.05) is 6.07 Å². The summed E-state index contributed by atoms with van der Waals surface area (Å²) in [6, 6.07) is 6.59. The van der Waals surface area contributed by atoms with Crippen molar-refractivity contribution in [1.29, 1.82) is 0 Å². The van der Waals surface area contributed by atoms with Crippen LogP contribution in [0.1, 0.15) is 26.3 Å². The molecule has 0 saturated heterocycles. The largest absolute Gasteiger partial charge is 0.359 e. The molecule has 0 N–H and O–H groups in total. The lowest BCUT2D eigenvalue weighted by Crippen LogP contribution is -2.36. The summed E-state index contributed by atoms with van der Waals surface area (Å²) in [5.74, 6) is 0. The second-order valence-corrected chi connectivity index (χ2v) is 6.36. The molecule has 2 aliphatic heterocycles. The van der Waals surface area contributed by atoms with Crippen LogP contribution in [0, 0.1) is 6.92 Å². The Balaban J connectivity index is 2.00. The summed E-state index contributed by atoms with van der Waals surface area (Å²) in [6.45, 7) is 8.87. The molecule has 0 fully saturated rings. The molecule has 118 valence electrons. The van der Waals surface area contributed by atoms with Crippen molar-refractivity contribution in [2.45, 2.75) is 40.0 Å². The van der Waals surface area contributed by atoms with Gasteiger partial charge in [0.05, 0.1) is 0 Å². The smallest absolute Gasteiger partial charge is 0.102 e. The molecular formula is C18H26N4. The standard InChI is InChI=1S/C18H26N4/c1-13-12-20(6)16(4)22(13)18-9-7-8-17(14(18)2)21-11-10-19(5)15(21)3/h7-12,15-16H,1-6H3/t15-,16+/m0/s1. The molecule has 1 aromatic rings. The fourth-order valence-corrected chi connectivity index (χ4v) is 3.39. The molecule has 22 heavy (non-hydrogen) atoms. The summed E-state index contributed by atoms with van der Waals surface area (Å²) in [5.41, 5.74) is 5.18. The Hall–Kier alpha value is -2.10. The van der Waals surface area contributed by atoms with Crippen molar-refractivity contribution in [3.05, 3.63) is 48.1 Å². The molecule has 3 rings (SSSR count). The predicted molar refractivity (Wildman–Crippen MR) is 93.5 cm³/mol. The van der Waals surface area contributed by atoms with Crippen molar-refractivity contribution < 1.29 is 0 Å². The van der Waals surface area contributed by atoms with Gasteiger partial charge in [-0.25, -0.2) is 0 Å². The van der Waals surface area contributed by atoms with Crippen LogP contribution in [0.5, 0.6) is 0 Å². The van der Waals surface area contributed by atoms with Crippen LogP contribution in [0.4, 0.5) is 11.4 Å². The number of rotatable bonds is 2. The molecule has 0 aliphatic carbocycles. The molecule has 0 aromatic heterocycles. The minimum Gasteiger partial charge on any atom is -0.359 e. The maximum absolute atomic E-state index is 2.41. The highest BCUT2D eigenvalue weighted by atomic mass is 15.4. The Morgan fingerprint density at radius 3 is 2.09 bits per heavy atom. The molecule has 2 heterocycles. The lowest BCUT2D eigenvalue weighted by atomic mass is 10.1. The molecule has 1 aromatic carbocycles. The fraction of sp³-hybridized carbons (Fsp3) is 0.444. The van der Waals surface area contributed by atoms with E-state index in [-0.39, 0.29) is 0 Å². The van der Waals surface area contributed by atoms with Gasteiger partial charge < -0.3 is 19.6 Å². The molecule has 0 saturated carbocycles. The molecule has 0 unspecified atom stereocenters. The Morgan fingerprint density at radius 2 is 1.55 bits per heavy atom. The molecule has 4 heteroatoms. The van der Waals surface area contributed by atoms with E-state index in [1.165, 1.54) is 22.6 Å². The van der Waals surface area contributed by atoms with E-state index in [0.717, 1.165) is 0 Å². The molecule has 0 radical (unpaired) electrons. The number of nitrogens with zero attached hydrogens (tertiary/aromatic N) is 4. The molecule has 0 bridgehead atoms. The topological polar surface area (TPSA) is 13.0 Å². The van der Waals surface area contributed by atoms with Crippen molar-refractivity contribution in [2.75, 3.05) is 23.9 Å². The number of allylic oxidation sites excluding steroid dienone is 1. The van der Waals surface area contributed by atoms with Gasteiger partial charge in [-0.15, -0.1) is 0 Å². The van der Waals surface area contributed by atoms with Gasteiger partial charge in [0.15, 0.2) is 0 Å². The van der Waals surface area contributed by atoms with Gasteiger partial charge in [0, 0.05) is 49.8 Å². The maximum atomic E-state index is 2.41. The molecule has 0 spiro atoms. The zero-order chi connectivity index (χ0) is 16.0. The monoisotopic (exact) mass is 298 g/mol. The van der Waals surface area contributed by atoms with E-state index in [1.807, 2.05) is 0 Å².